The zero-order chi connectivity index (χ0) is 18.5. The third-order valence-corrected chi connectivity index (χ3v) is 4.81. The molecule has 1 unspecified atom stereocenters. The lowest BCUT2D eigenvalue weighted by molar-refractivity contribution is 0.0952. The van der Waals surface area contributed by atoms with E-state index in [1.165, 1.54) is 6.26 Å². The van der Waals surface area contributed by atoms with Crippen molar-refractivity contribution < 1.29 is 14.0 Å². The Morgan fingerprint density at radius 3 is 2.74 bits per heavy atom. The molecule has 0 aliphatic carbocycles. The molecule has 2 aromatic rings. The van der Waals surface area contributed by atoms with Gasteiger partial charge in [0.2, 0.25) is 0 Å². The molecule has 27 heavy (non-hydrogen) atoms. The Hall–Kier alpha value is -2.02. The van der Waals surface area contributed by atoms with Crippen molar-refractivity contribution in [1.29, 1.82) is 0 Å². The molecule has 0 spiro atoms. The second-order valence-corrected chi connectivity index (χ2v) is 6.87. The maximum Gasteiger partial charge on any atom is 0.259 e. The van der Waals surface area contributed by atoms with Gasteiger partial charge < -0.3 is 20.4 Å². The Bertz CT molecular complexity index is 801. The Morgan fingerprint density at radius 1 is 1.26 bits per heavy atom. The summed E-state index contributed by atoms with van der Waals surface area (Å²) in [5.41, 5.74) is 1.18. The molecule has 0 saturated carbocycles. The third-order valence-electron chi connectivity index (χ3n) is 4.58. The molecule has 1 atom stereocenters. The first kappa shape index (κ1) is 21.3. The summed E-state index contributed by atoms with van der Waals surface area (Å²) in [6.45, 7) is 4.35. The van der Waals surface area contributed by atoms with Crippen LogP contribution in [0.15, 0.2) is 34.9 Å². The maximum atomic E-state index is 12.5. The zero-order valence-corrected chi connectivity index (χ0v) is 16.6. The van der Waals surface area contributed by atoms with Crippen LogP contribution >= 0.6 is 24.0 Å². The quantitative estimate of drug-likeness (QED) is 0.677. The number of anilines is 1. The number of carbonyl (C=O) groups is 2. The van der Waals surface area contributed by atoms with Gasteiger partial charge in [-0.15, -0.1) is 12.4 Å². The molecule has 6 nitrogen and oxygen atoms in total. The number of carbonyl (C=O) groups excluding carboxylic acids is 2. The van der Waals surface area contributed by atoms with Crippen molar-refractivity contribution in [2.24, 2.45) is 5.92 Å². The van der Waals surface area contributed by atoms with Gasteiger partial charge in [0.05, 0.1) is 23.1 Å². The van der Waals surface area contributed by atoms with Gasteiger partial charge in [-0.1, -0.05) is 11.6 Å². The van der Waals surface area contributed by atoms with Gasteiger partial charge in [-0.05, 0) is 63.0 Å². The van der Waals surface area contributed by atoms with Crippen LogP contribution in [0.1, 0.15) is 39.3 Å². The summed E-state index contributed by atoms with van der Waals surface area (Å²) in [4.78, 5) is 25.0. The minimum absolute atomic E-state index is 0. The van der Waals surface area contributed by atoms with Crippen LogP contribution in [-0.4, -0.2) is 31.4 Å². The fourth-order valence-electron chi connectivity index (χ4n) is 3.07. The maximum absolute atomic E-state index is 12.5. The van der Waals surface area contributed by atoms with E-state index in [0.29, 0.717) is 40.1 Å². The van der Waals surface area contributed by atoms with E-state index < -0.39 is 0 Å². The van der Waals surface area contributed by atoms with Crippen LogP contribution in [0.5, 0.6) is 0 Å². The lowest BCUT2D eigenvalue weighted by Crippen LogP contribution is -2.27. The van der Waals surface area contributed by atoms with Gasteiger partial charge in [0.15, 0.2) is 0 Å². The minimum atomic E-state index is -0.343. The summed E-state index contributed by atoms with van der Waals surface area (Å²) < 4.78 is 5.16. The average molecular weight is 412 g/mol. The SMILES string of the molecule is Cc1occc1C(=O)Nc1cc(Cl)ccc1C(=O)NCCC1CCNC1.Cl. The van der Waals surface area contributed by atoms with Crippen molar-refractivity contribution in [3.8, 4) is 0 Å². The highest BCUT2D eigenvalue weighted by Crippen LogP contribution is 2.23. The number of hydrogen-bond acceptors (Lipinski definition) is 4. The summed E-state index contributed by atoms with van der Waals surface area (Å²) in [6, 6.07) is 6.41. The lowest BCUT2D eigenvalue weighted by Gasteiger charge is -2.13. The van der Waals surface area contributed by atoms with Crippen LogP contribution in [0.4, 0.5) is 5.69 Å². The second kappa shape index (κ2) is 9.78. The van der Waals surface area contributed by atoms with Crippen LogP contribution < -0.4 is 16.0 Å². The van der Waals surface area contributed by atoms with Gasteiger partial charge >= 0.3 is 0 Å². The van der Waals surface area contributed by atoms with Crippen LogP contribution in [0.25, 0.3) is 0 Å². The van der Waals surface area contributed by atoms with Crippen LogP contribution in [-0.2, 0) is 0 Å². The standard InChI is InChI=1S/C19H22ClN3O3.ClH/c1-12-15(6-9-26-12)19(25)23-17-10-14(20)2-3-16(17)18(24)22-8-5-13-4-7-21-11-13;/h2-3,6,9-10,13,21H,4-5,7-8,11H2,1H3,(H,22,24)(H,23,25);1H. The number of aryl methyl sites for hydroxylation is 1. The van der Waals surface area contributed by atoms with Gasteiger partial charge in [-0.3, -0.25) is 9.59 Å². The largest absolute Gasteiger partial charge is 0.469 e. The molecular formula is C19H23Cl2N3O3. The fraction of sp³-hybridized carbons (Fsp3) is 0.368. The molecule has 1 aliphatic rings. The third kappa shape index (κ3) is 5.48. The Kier molecular flexibility index (Phi) is 7.71. The van der Waals surface area contributed by atoms with Gasteiger partial charge in [0, 0.05) is 11.6 Å². The number of halogens is 2. The average Bonchev–Trinajstić information content (AvgIpc) is 3.26. The van der Waals surface area contributed by atoms with E-state index in [0.717, 1.165) is 25.9 Å². The predicted octanol–water partition coefficient (Wildman–Crippen LogP) is 3.64. The molecule has 2 amide bonds. The van der Waals surface area contributed by atoms with E-state index in [-0.39, 0.29) is 24.2 Å². The molecule has 1 saturated heterocycles. The Labute approximate surface area is 169 Å². The number of amides is 2. The second-order valence-electron chi connectivity index (χ2n) is 6.44. The Balaban J connectivity index is 0.00000261. The Morgan fingerprint density at radius 2 is 2.07 bits per heavy atom. The summed E-state index contributed by atoms with van der Waals surface area (Å²) in [7, 11) is 0. The molecular weight excluding hydrogens is 389 g/mol. The molecule has 2 heterocycles. The van der Waals surface area contributed by atoms with Crippen LogP contribution in [0.2, 0.25) is 5.02 Å². The van der Waals surface area contributed by atoms with Crippen molar-refractivity contribution in [3.63, 3.8) is 0 Å². The number of nitrogens with one attached hydrogen (secondary N) is 3. The first-order valence-corrected chi connectivity index (χ1v) is 9.06. The van der Waals surface area contributed by atoms with E-state index in [1.54, 1.807) is 31.2 Å². The summed E-state index contributed by atoms with van der Waals surface area (Å²) >= 11 is 6.04. The molecule has 146 valence electrons. The summed E-state index contributed by atoms with van der Waals surface area (Å²) in [5.74, 6) is 0.542. The lowest BCUT2D eigenvalue weighted by atomic mass is 10.1. The highest BCUT2D eigenvalue weighted by Gasteiger charge is 2.18. The summed E-state index contributed by atoms with van der Waals surface area (Å²) in [5, 5.41) is 9.44. The monoisotopic (exact) mass is 411 g/mol. The summed E-state index contributed by atoms with van der Waals surface area (Å²) in [6.07, 6.45) is 3.53. The van der Waals surface area contributed by atoms with Gasteiger partial charge in [0.25, 0.3) is 11.8 Å². The number of hydrogen-bond donors (Lipinski definition) is 3. The van der Waals surface area contributed by atoms with E-state index >= 15 is 0 Å². The highest BCUT2D eigenvalue weighted by atomic mass is 35.5. The van der Waals surface area contributed by atoms with Crippen molar-refractivity contribution >= 4 is 41.5 Å². The molecule has 1 fully saturated rings. The molecule has 8 heteroatoms. The van der Waals surface area contributed by atoms with Gasteiger partial charge in [-0.2, -0.15) is 0 Å². The molecule has 1 aromatic carbocycles. The van der Waals surface area contributed by atoms with E-state index in [1.807, 2.05) is 0 Å². The van der Waals surface area contributed by atoms with Crippen molar-refractivity contribution in [2.45, 2.75) is 19.8 Å². The molecule has 3 N–H and O–H groups in total. The highest BCUT2D eigenvalue weighted by molar-refractivity contribution is 6.31. The molecule has 3 rings (SSSR count). The topological polar surface area (TPSA) is 83.4 Å². The molecule has 1 aliphatic heterocycles. The zero-order valence-electron chi connectivity index (χ0n) is 15.0. The molecule has 1 aromatic heterocycles. The predicted molar refractivity (Wildman–Crippen MR) is 108 cm³/mol. The number of furan rings is 1. The minimum Gasteiger partial charge on any atom is -0.469 e. The van der Waals surface area contributed by atoms with E-state index in [4.69, 9.17) is 16.0 Å². The first-order valence-electron chi connectivity index (χ1n) is 8.68. The van der Waals surface area contributed by atoms with Crippen LogP contribution in [0, 0.1) is 12.8 Å². The van der Waals surface area contributed by atoms with Gasteiger partial charge in [0.1, 0.15) is 5.76 Å². The van der Waals surface area contributed by atoms with E-state index in [2.05, 4.69) is 16.0 Å². The number of benzene rings is 1. The van der Waals surface area contributed by atoms with Crippen molar-refractivity contribution in [2.75, 3.05) is 25.0 Å². The normalized spacial score (nSPS) is 15.9. The first-order chi connectivity index (χ1) is 12.5. The van der Waals surface area contributed by atoms with Crippen molar-refractivity contribution in [1.82, 2.24) is 10.6 Å². The van der Waals surface area contributed by atoms with E-state index in [9.17, 15) is 9.59 Å². The van der Waals surface area contributed by atoms with Crippen LogP contribution in [0.3, 0.4) is 0 Å². The van der Waals surface area contributed by atoms with Gasteiger partial charge in [-0.25, -0.2) is 0 Å². The molecule has 0 bridgehead atoms. The number of rotatable bonds is 6. The molecule has 0 radical (unpaired) electrons. The fourth-order valence-corrected chi connectivity index (χ4v) is 3.25. The smallest absolute Gasteiger partial charge is 0.259 e. The van der Waals surface area contributed by atoms with Crippen molar-refractivity contribution in [3.05, 3.63) is 52.4 Å².